The molecule has 2 aliphatic carbocycles. The molecule has 0 saturated carbocycles. The molecule has 8 rings (SSSR count). The van der Waals surface area contributed by atoms with E-state index in [2.05, 4.69) is 166 Å². The molecule has 0 radical (unpaired) electrons. The molecule has 2 aliphatic rings. The predicted molar refractivity (Wildman–Crippen MR) is 177 cm³/mol. The molecule has 0 spiro atoms. The minimum absolute atomic E-state index is 0.0342. The maximum absolute atomic E-state index is 3.68. The average Bonchev–Trinajstić information content (AvgIpc) is 3.43. The standard InChI is InChI=1S/C41H33N/c1-40(2)36-16-7-4-15-34(36)35-25-28(21-24-37(35)40)27-19-22-30(23-20-27)42-31-12-10-11-29(26-31)41(3)38-17-8-5-13-32(38)33-14-6-9-18-39(33)41/h4-26,42H,1-3H3. The van der Waals surface area contributed by atoms with Crippen LogP contribution in [-0.2, 0) is 10.8 Å². The Morgan fingerprint density at radius 1 is 0.405 bits per heavy atom. The first-order valence-electron chi connectivity index (χ1n) is 14.9. The van der Waals surface area contributed by atoms with Gasteiger partial charge in [-0.2, -0.15) is 0 Å². The first kappa shape index (κ1) is 24.9. The Kier molecular flexibility index (Phi) is 5.37. The SMILES string of the molecule is CC1(C)c2ccccc2-c2cc(-c3ccc(Nc4cccc(C5(C)c6ccccc6-c6ccccc65)c4)cc3)ccc21. The third-order valence-electron chi connectivity index (χ3n) is 9.75. The third kappa shape index (κ3) is 3.56. The monoisotopic (exact) mass is 539 g/mol. The highest BCUT2D eigenvalue weighted by Crippen LogP contribution is 2.52. The fourth-order valence-electron chi connectivity index (χ4n) is 7.48. The van der Waals surface area contributed by atoms with E-state index in [4.69, 9.17) is 0 Å². The maximum Gasteiger partial charge on any atom is 0.0436 e. The second-order valence-corrected chi connectivity index (χ2v) is 12.4. The van der Waals surface area contributed by atoms with Crippen LogP contribution in [0.2, 0.25) is 0 Å². The molecule has 0 aromatic heterocycles. The van der Waals surface area contributed by atoms with Crippen molar-refractivity contribution in [2.24, 2.45) is 0 Å². The van der Waals surface area contributed by atoms with Gasteiger partial charge < -0.3 is 5.32 Å². The van der Waals surface area contributed by atoms with E-state index in [1.165, 1.54) is 61.2 Å². The van der Waals surface area contributed by atoms with Gasteiger partial charge in [-0.15, -0.1) is 0 Å². The van der Waals surface area contributed by atoms with Gasteiger partial charge in [0.15, 0.2) is 0 Å². The van der Waals surface area contributed by atoms with Gasteiger partial charge in [0.1, 0.15) is 0 Å². The number of hydrogen-bond donors (Lipinski definition) is 1. The van der Waals surface area contributed by atoms with E-state index in [0.717, 1.165) is 11.4 Å². The Hall–Kier alpha value is -4.88. The van der Waals surface area contributed by atoms with Crippen LogP contribution in [0.5, 0.6) is 0 Å². The number of fused-ring (bicyclic) bond motifs is 6. The largest absolute Gasteiger partial charge is 0.356 e. The molecule has 0 amide bonds. The highest BCUT2D eigenvalue weighted by molar-refractivity contribution is 5.85. The number of anilines is 2. The predicted octanol–water partition coefficient (Wildman–Crippen LogP) is 10.7. The van der Waals surface area contributed by atoms with E-state index >= 15 is 0 Å². The fourth-order valence-corrected chi connectivity index (χ4v) is 7.48. The molecular formula is C41H33N. The summed E-state index contributed by atoms with van der Waals surface area (Å²) in [4.78, 5) is 0. The number of nitrogens with one attached hydrogen (secondary N) is 1. The van der Waals surface area contributed by atoms with E-state index in [1.807, 2.05) is 0 Å². The van der Waals surface area contributed by atoms with E-state index < -0.39 is 0 Å². The number of benzene rings is 6. The Balaban J connectivity index is 1.10. The molecule has 202 valence electrons. The molecule has 42 heavy (non-hydrogen) atoms. The zero-order chi connectivity index (χ0) is 28.5. The summed E-state index contributed by atoms with van der Waals surface area (Å²) in [6.45, 7) is 7.02. The molecule has 0 unspecified atom stereocenters. The molecule has 0 saturated heterocycles. The first-order valence-corrected chi connectivity index (χ1v) is 14.9. The fraction of sp³-hybridized carbons (Fsp3) is 0.122. The van der Waals surface area contributed by atoms with E-state index in [-0.39, 0.29) is 10.8 Å². The number of hydrogen-bond acceptors (Lipinski definition) is 1. The lowest BCUT2D eigenvalue weighted by molar-refractivity contribution is 0.660. The third-order valence-corrected chi connectivity index (χ3v) is 9.75. The molecule has 1 heteroatoms. The summed E-state index contributed by atoms with van der Waals surface area (Å²) in [6, 6.07) is 51.2. The summed E-state index contributed by atoms with van der Waals surface area (Å²) >= 11 is 0. The molecule has 1 N–H and O–H groups in total. The highest BCUT2D eigenvalue weighted by Gasteiger charge is 2.40. The van der Waals surface area contributed by atoms with Crippen molar-refractivity contribution in [3.63, 3.8) is 0 Å². The quantitative estimate of drug-likeness (QED) is 0.235. The van der Waals surface area contributed by atoms with Gasteiger partial charge in [0, 0.05) is 22.2 Å². The van der Waals surface area contributed by atoms with Crippen LogP contribution in [-0.4, -0.2) is 0 Å². The molecule has 6 aromatic rings. The summed E-state index contributed by atoms with van der Waals surface area (Å²) < 4.78 is 0. The van der Waals surface area contributed by atoms with Crippen LogP contribution in [0.3, 0.4) is 0 Å². The van der Waals surface area contributed by atoms with Crippen molar-refractivity contribution in [2.45, 2.75) is 31.6 Å². The van der Waals surface area contributed by atoms with Crippen LogP contribution in [0, 0.1) is 0 Å². The zero-order valence-corrected chi connectivity index (χ0v) is 24.3. The van der Waals surface area contributed by atoms with Crippen LogP contribution >= 0.6 is 0 Å². The summed E-state index contributed by atoms with van der Waals surface area (Å²) in [5, 5.41) is 3.68. The second-order valence-electron chi connectivity index (χ2n) is 12.4. The van der Waals surface area contributed by atoms with Crippen molar-refractivity contribution in [3.8, 4) is 33.4 Å². The normalized spacial score (nSPS) is 14.9. The van der Waals surface area contributed by atoms with Crippen molar-refractivity contribution in [3.05, 3.63) is 167 Å². The summed E-state index contributed by atoms with van der Waals surface area (Å²) in [5.41, 5.74) is 16.7. The van der Waals surface area contributed by atoms with E-state index in [0.29, 0.717) is 0 Å². The summed E-state index contributed by atoms with van der Waals surface area (Å²) in [5.74, 6) is 0. The van der Waals surface area contributed by atoms with Gasteiger partial charge in [-0.05, 0) is 98.5 Å². The molecule has 0 aliphatic heterocycles. The Labute approximate surface area is 248 Å². The van der Waals surface area contributed by atoms with Gasteiger partial charge in [0.2, 0.25) is 0 Å². The van der Waals surface area contributed by atoms with Crippen LogP contribution in [0.1, 0.15) is 48.6 Å². The minimum atomic E-state index is -0.199. The van der Waals surface area contributed by atoms with Gasteiger partial charge in [-0.25, -0.2) is 0 Å². The summed E-state index contributed by atoms with van der Waals surface area (Å²) in [6.07, 6.45) is 0. The maximum atomic E-state index is 3.68. The number of rotatable bonds is 4. The molecule has 0 atom stereocenters. The van der Waals surface area contributed by atoms with Crippen molar-refractivity contribution in [2.75, 3.05) is 5.32 Å². The zero-order valence-electron chi connectivity index (χ0n) is 24.3. The van der Waals surface area contributed by atoms with Gasteiger partial charge in [0.25, 0.3) is 0 Å². The summed E-state index contributed by atoms with van der Waals surface area (Å²) in [7, 11) is 0. The molecule has 0 fully saturated rings. The molecule has 1 nitrogen and oxygen atoms in total. The van der Waals surface area contributed by atoms with Gasteiger partial charge in [-0.3, -0.25) is 0 Å². The van der Waals surface area contributed by atoms with Gasteiger partial charge in [0.05, 0.1) is 0 Å². The topological polar surface area (TPSA) is 12.0 Å². The molecular weight excluding hydrogens is 506 g/mol. The smallest absolute Gasteiger partial charge is 0.0436 e. The average molecular weight is 540 g/mol. The minimum Gasteiger partial charge on any atom is -0.356 e. The second kappa shape index (κ2) is 9.06. The lowest BCUT2D eigenvalue weighted by Crippen LogP contribution is -2.22. The van der Waals surface area contributed by atoms with Crippen LogP contribution in [0.4, 0.5) is 11.4 Å². The van der Waals surface area contributed by atoms with Crippen LogP contribution in [0.15, 0.2) is 140 Å². The van der Waals surface area contributed by atoms with Crippen molar-refractivity contribution < 1.29 is 0 Å². The van der Waals surface area contributed by atoms with Crippen LogP contribution < -0.4 is 5.32 Å². The van der Waals surface area contributed by atoms with Crippen LogP contribution in [0.25, 0.3) is 33.4 Å². The van der Waals surface area contributed by atoms with E-state index in [1.54, 1.807) is 0 Å². The lowest BCUT2D eigenvalue weighted by atomic mass is 9.74. The lowest BCUT2D eigenvalue weighted by Gasteiger charge is -2.28. The Morgan fingerprint density at radius 3 is 1.62 bits per heavy atom. The van der Waals surface area contributed by atoms with Crippen molar-refractivity contribution >= 4 is 11.4 Å². The van der Waals surface area contributed by atoms with Gasteiger partial charge >= 0.3 is 0 Å². The van der Waals surface area contributed by atoms with Gasteiger partial charge in [-0.1, -0.05) is 123 Å². The molecule has 6 aromatic carbocycles. The molecule has 0 bridgehead atoms. The Bertz CT molecular complexity index is 1950. The molecule has 0 heterocycles. The Morgan fingerprint density at radius 2 is 0.952 bits per heavy atom. The van der Waals surface area contributed by atoms with E-state index in [9.17, 15) is 0 Å². The van der Waals surface area contributed by atoms with Crippen molar-refractivity contribution in [1.82, 2.24) is 0 Å². The van der Waals surface area contributed by atoms with Crippen molar-refractivity contribution in [1.29, 1.82) is 0 Å². The first-order chi connectivity index (χ1) is 20.4. The highest BCUT2D eigenvalue weighted by atomic mass is 14.9.